The van der Waals surface area contributed by atoms with E-state index in [0.29, 0.717) is 17.9 Å². The number of esters is 1. The lowest BCUT2D eigenvalue weighted by Gasteiger charge is -2.07. The van der Waals surface area contributed by atoms with Crippen LogP contribution >= 0.6 is 0 Å². The molecule has 5 heteroatoms. The maximum absolute atomic E-state index is 11.6. The molecule has 2 rings (SSSR count). The number of unbranched alkanes of at least 4 members (excludes halogenated alkanes) is 1. The van der Waals surface area contributed by atoms with E-state index in [0.717, 1.165) is 19.3 Å². The molecule has 0 bridgehead atoms. The highest BCUT2D eigenvalue weighted by Crippen LogP contribution is 2.14. The van der Waals surface area contributed by atoms with Crippen LogP contribution in [0.5, 0.6) is 5.75 Å². The van der Waals surface area contributed by atoms with Gasteiger partial charge in [0.2, 0.25) is 0 Å². The van der Waals surface area contributed by atoms with Crippen LogP contribution in [0.15, 0.2) is 48.8 Å². The van der Waals surface area contributed by atoms with E-state index < -0.39 is 11.8 Å². The standard InChI is InChI=1S/C18H19NO4/c1-22-18(21)17(20)15-7-9-16(10-8-15)23-12-3-2-5-14-6-4-11-19-13-14/h4,6-11,13H,2-3,5,12H2,1H3. The van der Waals surface area contributed by atoms with Gasteiger partial charge >= 0.3 is 5.97 Å². The van der Waals surface area contributed by atoms with Gasteiger partial charge in [-0.05, 0) is 55.2 Å². The number of pyridine rings is 1. The lowest BCUT2D eigenvalue weighted by Crippen LogP contribution is -2.15. The predicted octanol–water partition coefficient (Wildman–Crippen LogP) is 2.84. The Kier molecular flexibility index (Phi) is 6.29. The van der Waals surface area contributed by atoms with Crippen molar-refractivity contribution in [3.05, 3.63) is 59.9 Å². The molecule has 0 aliphatic rings. The number of carbonyl (C=O) groups excluding carboxylic acids is 2. The van der Waals surface area contributed by atoms with Crippen molar-refractivity contribution in [2.45, 2.75) is 19.3 Å². The second kappa shape index (κ2) is 8.68. The average molecular weight is 313 g/mol. The van der Waals surface area contributed by atoms with Crippen molar-refractivity contribution in [3.8, 4) is 5.75 Å². The Labute approximate surface area is 135 Å². The molecule has 0 aliphatic carbocycles. The lowest BCUT2D eigenvalue weighted by molar-refractivity contribution is -0.135. The SMILES string of the molecule is COC(=O)C(=O)c1ccc(OCCCCc2cccnc2)cc1. The van der Waals surface area contributed by atoms with E-state index >= 15 is 0 Å². The van der Waals surface area contributed by atoms with Gasteiger partial charge in [-0.3, -0.25) is 9.78 Å². The molecule has 0 radical (unpaired) electrons. The molecule has 0 spiro atoms. The number of Topliss-reactive ketones (excluding diaryl/α,β-unsaturated/α-hetero) is 1. The first kappa shape index (κ1) is 16.7. The molecule has 0 saturated carbocycles. The van der Waals surface area contributed by atoms with Gasteiger partial charge in [-0.1, -0.05) is 6.07 Å². The molecule has 1 heterocycles. The number of aryl methyl sites for hydroxylation is 1. The van der Waals surface area contributed by atoms with E-state index in [2.05, 4.69) is 15.8 Å². The summed E-state index contributed by atoms with van der Waals surface area (Å²) in [6, 6.07) is 10.5. The molecule has 1 aromatic carbocycles. The molecular weight excluding hydrogens is 294 g/mol. The van der Waals surface area contributed by atoms with Crippen molar-refractivity contribution in [1.82, 2.24) is 4.98 Å². The Bertz CT molecular complexity index is 638. The number of benzene rings is 1. The molecule has 23 heavy (non-hydrogen) atoms. The Balaban J connectivity index is 1.72. The van der Waals surface area contributed by atoms with Crippen LogP contribution in [0.4, 0.5) is 0 Å². The number of hydrogen-bond acceptors (Lipinski definition) is 5. The fourth-order valence-electron chi connectivity index (χ4n) is 2.08. The van der Waals surface area contributed by atoms with Crippen molar-refractivity contribution in [3.63, 3.8) is 0 Å². The summed E-state index contributed by atoms with van der Waals surface area (Å²) >= 11 is 0. The minimum atomic E-state index is -0.867. The number of carbonyl (C=O) groups is 2. The third kappa shape index (κ3) is 5.21. The summed E-state index contributed by atoms with van der Waals surface area (Å²) in [5.41, 5.74) is 1.51. The van der Waals surface area contributed by atoms with Gasteiger partial charge in [-0.25, -0.2) is 4.79 Å². The van der Waals surface area contributed by atoms with Gasteiger partial charge in [0.25, 0.3) is 5.78 Å². The van der Waals surface area contributed by atoms with Crippen molar-refractivity contribution in [2.75, 3.05) is 13.7 Å². The normalized spacial score (nSPS) is 10.1. The topological polar surface area (TPSA) is 65.5 Å². The summed E-state index contributed by atoms with van der Waals surface area (Å²) in [6.07, 6.45) is 6.56. The highest BCUT2D eigenvalue weighted by molar-refractivity contribution is 6.40. The number of aromatic nitrogens is 1. The molecule has 0 fully saturated rings. The van der Waals surface area contributed by atoms with Crippen LogP contribution < -0.4 is 4.74 Å². The molecule has 0 N–H and O–H groups in total. The minimum Gasteiger partial charge on any atom is -0.494 e. The van der Waals surface area contributed by atoms with Gasteiger partial charge in [0.15, 0.2) is 0 Å². The molecule has 120 valence electrons. The Morgan fingerprint density at radius 2 is 1.87 bits per heavy atom. The van der Waals surface area contributed by atoms with Crippen LogP contribution in [-0.4, -0.2) is 30.5 Å². The fourth-order valence-corrected chi connectivity index (χ4v) is 2.08. The number of rotatable bonds is 8. The average Bonchev–Trinajstić information content (AvgIpc) is 2.61. The highest BCUT2D eigenvalue weighted by atomic mass is 16.5. The van der Waals surface area contributed by atoms with Crippen LogP contribution in [0.1, 0.15) is 28.8 Å². The molecule has 1 aromatic heterocycles. The Morgan fingerprint density at radius 1 is 1.09 bits per heavy atom. The van der Waals surface area contributed by atoms with Gasteiger partial charge in [-0.2, -0.15) is 0 Å². The zero-order chi connectivity index (χ0) is 16.5. The van der Waals surface area contributed by atoms with Gasteiger partial charge < -0.3 is 9.47 Å². The molecular formula is C18H19NO4. The molecule has 0 aliphatic heterocycles. The number of nitrogens with zero attached hydrogens (tertiary/aromatic N) is 1. The minimum absolute atomic E-state index is 0.292. The van der Waals surface area contributed by atoms with Gasteiger partial charge in [0.05, 0.1) is 13.7 Å². The highest BCUT2D eigenvalue weighted by Gasteiger charge is 2.16. The fraction of sp³-hybridized carbons (Fsp3) is 0.278. The summed E-state index contributed by atoms with van der Waals surface area (Å²) in [7, 11) is 1.18. The van der Waals surface area contributed by atoms with Gasteiger partial charge in [0.1, 0.15) is 5.75 Å². The third-order valence-corrected chi connectivity index (χ3v) is 3.34. The zero-order valence-corrected chi connectivity index (χ0v) is 13.0. The molecule has 2 aromatic rings. The summed E-state index contributed by atoms with van der Waals surface area (Å²) in [6.45, 7) is 0.602. The Hall–Kier alpha value is -2.69. The van der Waals surface area contributed by atoms with Gasteiger partial charge in [-0.15, -0.1) is 0 Å². The lowest BCUT2D eigenvalue weighted by atomic mass is 10.1. The van der Waals surface area contributed by atoms with Crippen LogP contribution in [0.2, 0.25) is 0 Å². The summed E-state index contributed by atoms with van der Waals surface area (Å²) in [4.78, 5) is 26.8. The second-order valence-corrected chi connectivity index (χ2v) is 5.01. The molecule has 0 amide bonds. The quantitative estimate of drug-likeness (QED) is 0.324. The molecule has 0 unspecified atom stereocenters. The number of ether oxygens (including phenoxy) is 2. The molecule has 0 atom stereocenters. The molecule has 5 nitrogen and oxygen atoms in total. The van der Waals surface area contributed by atoms with E-state index in [1.54, 1.807) is 30.5 Å². The third-order valence-electron chi connectivity index (χ3n) is 3.34. The smallest absolute Gasteiger partial charge is 0.379 e. The second-order valence-electron chi connectivity index (χ2n) is 5.01. The maximum Gasteiger partial charge on any atom is 0.379 e. The van der Waals surface area contributed by atoms with Crippen molar-refractivity contribution < 1.29 is 19.1 Å². The van der Waals surface area contributed by atoms with Crippen LogP contribution in [0.25, 0.3) is 0 Å². The van der Waals surface area contributed by atoms with Crippen molar-refractivity contribution in [2.24, 2.45) is 0 Å². The largest absolute Gasteiger partial charge is 0.494 e. The predicted molar refractivity (Wildman–Crippen MR) is 85.5 cm³/mol. The van der Waals surface area contributed by atoms with E-state index in [1.807, 2.05) is 12.3 Å². The monoisotopic (exact) mass is 313 g/mol. The number of methoxy groups -OCH3 is 1. The van der Waals surface area contributed by atoms with Crippen LogP contribution in [0.3, 0.4) is 0 Å². The van der Waals surface area contributed by atoms with E-state index in [1.165, 1.54) is 12.7 Å². The first-order chi connectivity index (χ1) is 11.2. The molecule has 0 saturated heterocycles. The first-order valence-electron chi connectivity index (χ1n) is 7.45. The summed E-state index contributed by atoms with van der Waals surface area (Å²) in [5, 5.41) is 0. The summed E-state index contributed by atoms with van der Waals surface area (Å²) < 4.78 is 10.0. The van der Waals surface area contributed by atoms with E-state index in [-0.39, 0.29) is 0 Å². The van der Waals surface area contributed by atoms with Crippen molar-refractivity contribution >= 4 is 11.8 Å². The van der Waals surface area contributed by atoms with E-state index in [4.69, 9.17) is 4.74 Å². The summed E-state index contributed by atoms with van der Waals surface area (Å²) in [5.74, 6) is -0.850. The number of ketones is 1. The van der Waals surface area contributed by atoms with Crippen molar-refractivity contribution in [1.29, 1.82) is 0 Å². The van der Waals surface area contributed by atoms with E-state index in [9.17, 15) is 9.59 Å². The van der Waals surface area contributed by atoms with Crippen LogP contribution in [-0.2, 0) is 16.0 Å². The Morgan fingerprint density at radius 3 is 2.52 bits per heavy atom. The van der Waals surface area contributed by atoms with Crippen LogP contribution in [0, 0.1) is 0 Å². The van der Waals surface area contributed by atoms with Gasteiger partial charge in [0, 0.05) is 18.0 Å². The number of hydrogen-bond donors (Lipinski definition) is 0. The first-order valence-corrected chi connectivity index (χ1v) is 7.45. The maximum atomic E-state index is 11.6. The zero-order valence-electron chi connectivity index (χ0n) is 13.0.